The Morgan fingerprint density at radius 2 is 2.25 bits per heavy atom. The quantitative estimate of drug-likeness (QED) is 0.904. The van der Waals surface area contributed by atoms with Crippen LogP contribution in [0.5, 0.6) is 17.2 Å². The zero-order valence-electron chi connectivity index (χ0n) is 12.0. The Balaban J connectivity index is 1.68. The van der Waals surface area contributed by atoms with E-state index in [1.54, 1.807) is 7.11 Å². The average molecular weight is 295 g/mol. The molecule has 3 rings (SSSR count). The molecule has 5 heteroatoms. The number of hydrogen-bond acceptors (Lipinski definition) is 5. The number of ether oxygens (including phenoxy) is 3. The highest BCUT2D eigenvalue weighted by Crippen LogP contribution is 2.41. The van der Waals surface area contributed by atoms with E-state index in [1.807, 2.05) is 23.9 Å². The van der Waals surface area contributed by atoms with Crippen molar-refractivity contribution in [3.63, 3.8) is 0 Å². The highest BCUT2D eigenvalue weighted by Gasteiger charge is 2.26. The highest BCUT2D eigenvalue weighted by molar-refractivity contribution is 7.99. The molecule has 1 N–H and O–H groups in total. The van der Waals surface area contributed by atoms with Crippen molar-refractivity contribution < 1.29 is 14.2 Å². The van der Waals surface area contributed by atoms with E-state index in [0.29, 0.717) is 6.04 Å². The van der Waals surface area contributed by atoms with Crippen LogP contribution in [0.1, 0.15) is 24.8 Å². The van der Waals surface area contributed by atoms with Crippen LogP contribution < -0.4 is 19.5 Å². The fourth-order valence-electron chi connectivity index (χ4n) is 2.98. The maximum Gasteiger partial charge on any atom is 0.231 e. The van der Waals surface area contributed by atoms with E-state index in [0.717, 1.165) is 29.0 Å². The van der Waals surface area contributed by atoms with E-state index < -0.39 is 0 Å². The normalized spacial score (nSPS) is 24.1. The molecule has 1 aromatic rings. The van der Waals surface area contributed by atoms with Crippen LogP contribution in [-0.4, -0.2) is 31.5 Å². The van der Waals surface area contributed by atoms with Gasteiger partial charge in [-0.05, 0) is 36.8 Å². The third-order valence-corrected chi connectivity index (χ3v) is 5.21. The first-order valence-electron chi connectivity index (χ1n) is 7.04. The molecule has 2 unspecified atom stereocenters. The molecule has 0 aromatic heterocycles. The second kappa shape index (κ2) is 6.14. The molecule has 20 heavy (non-hydrogen) atoms. The van der Waals surface area contributed by atoms with Crippen molar-refractivity contribution in [1.82, 2.24) is 5.32 Å². The summed E-state index contributed by atoms with van der Waals surface area (Å²) >= 11 is 1.97. The molecule has 2 aliphatic rings. The minimum Gasteiger partial charge on any atom is -0.493 e. The molecule has 0 spiro atoms. The van der Waals surface area contributed by atoms with Gasteiger partial charge in [-0.3, -0.25) is 0 Å². The molecule has 1 aliphatic carbocycles. The molecule has 2 atom stereocenters. The number of rotatable bonds is 5. The van der Waals surface area contributed by atoms with E-state index in [4.69, 9.17) is 14.2 Å². The molecular weight excluding hydrogens is 274 g/mol. The number of methoxy groups -OCH3 is 1. The van der Waals surface area contributed by atoms with Crippen molar-refractivity contribution in [2.75, 3.05) is 20.2 Å². The SMILES string of the molecule is COc1cc(CNC2CCCC2SC)cc2c1OCO2. The smallest absolute Gasteiger partial charge is 0.231 e. The predicted octanol–water partition coefficient (Wildman–Crippen LogP) is 2.80. The average Bonchev–Trinajstić information content (AvgIpc) is 3.12. The van der Waals surface area contributed by atoms with Gasteiger partial charge in [-0.1, -0.05) is 6.42 Å². The van der Waals surface area contributed by atoms with Crippen LogP contribution >= 0.6 is 11.8 Å². The van der Waals surface area contributed by atoms with Gasteiger partial charge < -0.3 is 19.5 Å². The fourth-order valence-corrected chi connectivity index (χ4v) is 3.94. The Hall–Kier alpha value is -1.07. The van der Waals surface area contributed by atoms with Gasteiger partial charge in [-0.25, -0.2) is 0 Å². The molecule has 0 amide bonds. The summed E-state index contributed by atoms with van der Waals surface area (Å²) in [6.45, 7) is 1.12. The molecule has 0 saturated heterocycles. The van der Waals surface area contributed by atoms with Crippen LogP contribution in [0, 0.1) is 0 Å². The number of fused-ring (bicyclic) bond motifs is 1. The van der Waals surface area contributed by atoms with Crippen molar-refractivity contribution >= 4 is 11.8 Å². The second-order valence-corrected chi connectivity index (χ2v) is 6.30. The fraction of sp³-hybridized carbons (Fsp3) is 0.600. The molecule has 0 bridgehead atoms. The van der Waals surface area contributed by atoms with Gasteiger partial charge in [-0.2, -0.15) is 11.8 Å². The van der Waals surface area contributed by atoms with Gasteiger partial charge in [0.15, 0.2) is 11.5 Å². The summed E-state index contributed by atoms with van der Waals surface area (Å²) < 4.78 is 16.3. The minimum absolute atomic E-state index is 0.278. The standard InChI is InChI=1S/C15H21NO3S/c1-17-12-6-10(7-13-15(12)19-9-18-13)8-16-11-4-3-5-14(11)20-2/h6-7,11,14,16H,3-5,8-9H2,1-2H3. The Morgan fingerprint density at radius 3 is 3.05 bits per heavy atom. The molecule has 1 heterocycles. The van der Waals surface area contributed by atoms with Crippen molar-refractivity contribution in [2.24, 2.45) is 0 Å². The zero-order chi connectivity index (χ0) is 13.9. The maximum absolute atomic E-state index is 5.46. The Labute approximate surface area is 124 Å². The Morgan fingerprint density at radius 1 is 1.35 bits per heavy atom. The highest BCUT2D eigenvalue weighted by atomic mass is 32.2. The van der Waals surface area contributed by atoms with Crippen LogP contribution in [0.15, 0.2) is 12.1 Å². The molecule has 4 nitrogen and oxygen atoms in total. The topological polar surface area (TPSA) is 39.7 Å². The van der Waals surface area contributed by atoms with Crippen LogP contribution in [0.2, 0.25) is 0 Å². The second-order valence-electron chi connectivity index (χ2n) is 5.22. The summed E-state index contributed by atoms with van der Waals surface area (Å²) in [6, 6.07) is 4.69. The molecule has 0 radical (unpaired) electrons. The van der Waals surface area contributed by atoms with Crippen LogP contribution in [-0.2, 0) is 6.54 Å². The van der Waals surface area contributed by atoms with E-state index in [1.165, 1.54) is 24.8 Å². The lowest BCUT2D eigenvalue weighted by Crippen LogP contribution is -2.33. The first-order chi connectivity index (χ1) is 9.81. The van der Waals surface area contributed by atoms with Gasteiger partial charge in [0, 0.05) is 17.8 Å². The molecular formula is C15H21NO3S. The Bertz CT molecular complexity index is 480. The van der Waals surface area contributed by atoms with E-state index in [2.05, 4.69) is 11.6 Å². The van der Waals surface area contributed by atoms with Crippen LogP contribution in [0.4, 0.5) is 0 Å². The van der Waals surface area contributed by atoms with Crippen molar-refractivity contribution in [3.05, 3.63) is 17.7 Å². The molecule has 1 aliphatic heterocycles. The maximum atomic E-state index is 5.46. The first-order valence-corrected chi connectivity index (χ1v) is 8.33. The number of thioether (sulfide) groups is 1. The summed E-state index contributed by atoms with van der Waals surface area (Å²) in [5.74, 6) is 2.26. The lowest BCUT2D eigenvalue weighted by molar-refractivity contribution is 0.171. The summed E-state index contributed by atoms with van der Waals surface area (Å²) in [6.07, 6.45) is 6.12. The molecule has 110 valence electrons. The summed E-state index contributed by atoms with van der Waals surface area (Å²) in [5.41, 5.74) is 1.18. The van der Waals surface area contributed by atoms with E-state index in [-0.39, 0.29) is 6.79 Å². The lowest BCUT2D eigenvalue weighted by Gasteiger charge is -2.19. The predicted molar refractivity (Wildman–Crippen MR) is 80.9 cm³/mol. The van der Waals surface area contributed by atoms with Gasteiger partial charge in [-0.15, -0.1) is 0 Å². The van der Waals surface area contributed by atoms with E-state index in [9.17, 15) is 0 Å². The lowest BCUT2D eigenvalue weighted by atomic mass is 10.1. The van der Waals surface area contributed by atoms with Gasteiger partial charge in [0.05, 0.1) is 7.11 Å². The van der Waals surface area contributed by atoms with Gasteiger partial charge in [0.25, 0.3) is 0 Å². The van der Waals surface area contributed by atoms with Gasteiger partial charge in [0.1, 0.15) is 0 Å². The molecule has 1 saturated carbocycles. The monoisotopic (exact) mass is 295 g/mol. The number of hydrogen-bond donors (Lipinski definition) is 1. The number of nitrogens with one attached hydrogen (secondary N) is 1. The largest absolute Gasteiger partial charge is 0.493 e. The number of benzene rings is 1. The van der Waals surface area contributed by atoms with Gasteiger partial charge >= 0.3 is 0 Å². The van der Waals surface area contributed by atoms with Crippen LogP contribution in [0.3, 0.4) is 0 Å². The minimum atomic E-state index is 0.278. The zero-order valence-corrected chi connectivity index (χ0v) is 12.8. The Kier molecular flexibility index (Phi) is 4.27. The van der Waals surface area contributed by atoms with Crippen molar-refractivity contribution in [2.45, 2.75) is 37.1 Å². The first kappa shape index (κ1) is 13.9. The van der Waals surface area contributed by atoms with Crippen molar-refractivity contribution in [3.8, 4) is 17.2 Å². The van der Waals surface area contributed by atoms with E-state index >= 15 is 0 Å². The summed E-state index contributed by atoms with van der Waals surface area (Å²) in [4.78, 5) is 0. The van der Waals surface area contributed by atoms with Crippen LogP contribution in [0.25, 0.3) is 0 Å². The summed E-state index contributed by atoms with van der Waals surface area (Å²) in [7, 11) is 1.66. The summed E-state index contributed by atoms with van der Waals surface area (Å²) in [5, 5.41) is 4.41. The third kappa shape index (κ3) is 2.69. The van der Waals surface area contributed by atoms with Crippen molar-refractivity contribution in [1.29, 1.82) is 0 Å². The molecule has 1 aromatic carbocycles. The third-order valence-electron chi connectivity index (χ3n) is 4.04. The van der Waals surface area contributed by atoms with Gasteiger partial charge in [0.2, 0.25) is 12.5 Å². The molecule has 1 fully saturated rings.